The molecule has 0 aliphatic heterocycles. The Hall–Kier alpha value is -0.570. The molecular formula is C20H40O3. The van der Waals surface area contributed by atoms with Gasteiger partial charge in [0.15, 0.2) is 0 Å². The fourth-order valence-electron chi connectivity index (χ4n) is 2.66. The van der Waals surface area contributed by atoms with Crippen LogP contribution >= 0.6 is 0 Å². The molecule has 0 aliphatic carbocycles. The van der Waals surface area contributed by atoms with Crippen molar-refractivity contribution in [2.75, 3.05) is 13.2 Å². The third-order valence-corrected chi connectivity index (χ3v) is 4.64. The molecular weight excluding hydrogens is 288 g/mol. The molecule has 0 N–H and O–H groups in total. The van der Waals surface area contributed by atoms with Crippen LogP contribution in [-0.4, -0.2) is 25.3 Å². The Bertz CT molecular complexity index is 278. The van der Waals surface area contributed by atoms with Crippen molar-refractivity contribution >= 4 is 5.97 Å². The normalized spacial score (nSPS) is 15.2. The minimum Gasteiger partial charge on any atom is -0.465 e. The summed E-state index contributed by atoms with van der Waals surface area (Å²) >= 11 is 0. The molecule has 0 bridgehead atoms. The predicted molar refractivity (Wildman–Crippen MR) is 97.6 cm³/mol. The van der Waals surface area contributed by atoms with E-state index >= 15 is 0 Å². The van der Waals surface area contributed by atoms with Gasteiger partial charge in [0, 0.05) is 6.61 Å². The Labute approximate surface area is 144 Å². The number of carbonyl (C=O) groups excluding carboxylic acids is 1. The summed E-state index contributed by atoms with van der Waals surface area (Å²) in [6.07, 6.45) is 9.83. The zero-order valence-electron chi connectivity index (χ0n) is 16.2. The molecule has 0 rings (SSSR count). The highest BCUT2D eigenvalue weighted by atomic mass is 16.5. The highest BCUT2D eigenvalue weighted by molar-refractivity contribution is 5.69. The van der Waals surface area contributed by atoms with Crippen molar-refractivity contribution in [1.29, 1.82) is 0 Å². The summed E-state index contributed by atoms with van der Waals surface area (Å²) in [4.78, 5) is 11.9. The summed E-state index contributed by atoms with van der Waals surface area (Å²) in [7, 11) is 0. The molecule has 23 heavy (non-hydrogen) atoms. The van der Waals surface area contributed by atoms with Crippen molar-refractivity contribution in [2.45, 2.75) is 98.5 Å². The maximum atomic E-state index is 11.9. The molecule has 0 heterocycles. The second kappa shape index (κ2) is 15.0. The highest BCUT2D eigenvalue weighted by Gasteiger charge is 2.15. The van der Waals surface area contributed by atoms with E-state index in [-0.39, 0.29) is 12.1 Å². The minimum absolute atomic E-state index is 0.0473. The number of rotatable bonds is 15. The van der Waals surface area contributed by atoms with E-state index in [4.69, 9.17) is 9.47 Å². The summed E-state index contributed by atoms with van der Waals surface area (Å²) in [6.45, 7) is 12.1. The Morgan fingerprint density at radius 2 is 1.39 bits per heavy atom. The van der Waals surface area contributed by atoms with Crippen molar-refractivity contribution in [3.8, 4) is 0 Å². The second-order valence-electron chi connectivity index (χ2n) is 6.86. The first-order valence-electron chi connectivity index (χ1n) is 9.84. The lowest BCUT2D eigenvalue weighted by Crippen LogP contribution is -2.21. The quantitative estimate of drug-likeness (QED) is 0.359. The molecule has 0 fully saturated rings. The first kappa shape index (κ1) is 22.4. The average Bonchev–Trinajstić information content (AvgIpc) is 2.55. The third-order valence-electron chi connectivity index (χ3n) is 4.64. The molecule has 0 amide bonds. The lowest BCUT2D eigenvalue weighted by atomic mass is 10.0. The van der Waals surface area contributed by atoms with Gasteiger partial charge in [-0.05, 0) is 31.6 Å². The van der Waals surface area contributed by atoms with E-state index in [9.17, 15) is 4.79 Å². The number of carbonyl (C=O) groups is 1. The fraction of sp³-hybridized carbons (Fsp3) is 0.950. The van der Waals surface area contributed by atoms with Crippen LogP contribution in [0.25, 0.3) is 0 Å². The minimum atomic E-state index is -0.117. The molecule has 0 saturated heterocycles. The van der Waals surface area contributed by atoms with Gasteiger partial charge < -0.3 is 9.47 Å². The standard InChI is InChI=1S/C20H40O3/c1-6-10-12-18(8-3)15-22-17(5)14-20(21)23-16-19(9-4)13-11-7-2/h17-19H,6-16H2,1-5H3. The lowest BCUT2D eigenvalue weighted by molar-refractivity contribution is -0.148. The van der Waals surface area contributed by atoms with E-state index in [1.54, 1.807) is 0 Å². The monoisotopic (exact) mass is 328 g/mol. The summed E-state index contributed by atoms with van der Waals surface area (Å²) in [5.74, 6) is 1.01. The summed E-state index contributed by atoms with van der Waals surface area (Å²) in [6, 6.07) is 0. The van der Waals surface area contributed by atoms with E-state index in [1.807, 2.05) is 6.92 Å². The molecule has 3 nitrogen and oxygen atoms in total. The third kappa shape index (κ3) is 12.5. The van der Waals surface area contributed by atoms with E-state index in [0.29, 0.717) is 24.9 Å². The number of hydrogen-bond donors (Lipinski definition) is 0. The fourth-order valence-corrected chi connectivity index (χ4v) is 2.66. The van der Waals surface area contributed by atoms with Crippen LogP contribution in [-0.2, 0) is 14.3 Å². The van der Waals surface area contributed by atoms with Gasteiger partial charge in [-0.3, -0.25) is 4.79 Å². The Balaban J connectivity index is 3.90. The predicted octanol–water partition coefficient (Wildman–Crippen LogP) is 5.76. The van der Waals surface area contributed by atoms with Crippen LogP contribution in [0.3, 0.4) is 0 Å². The summed E-state index contributed by atoms with van der Waals surface area (Å²) in [5.41, 5.74) is 0. The van der Waals surface area contributed by atoms with E-state index in [1.165, 1.54) is 32.1 Å². The first-order valence-corrected chi connectivity index (χ1v) is 9.84. The first-order chi connectivity index (χ1) is 11.1. The van der Waals surface area contributed by atoms with Crippen LogP contribution in [0.15, 0.2) is 0 Å². The molecule has 0 aromatic rings. The van der Waals surface area contributed by atoms with Gasteiger partial charge >= 0.3 is 5.97 Å². The maximum Gasteiger partial charge on any atom is 0.308 e. The number of esters is 1. The van der Waals surface area contributed by atoms with Crippen LogP contribution in [0, 0.1) is 11.8 Å². The van der Waals surface area contributed by atoms with Crippen LogP contribution in [0.1, 0.15) is 92.4 Å². The van der Waals surface area contributed by atoms with Crippen molar-refractivity contribution < 1.29 is 14.3 Å². The maximum absolute atomic E-state index is 11.9. The van der Waals surface area contributed by atoms with Gasteiger partial charge in [-0.15, -0.1) is 0 Å². The molecule has 3 atom stereocenters. The molecule has 3 unspecified atom stereocenters. The molecule has 0 aromatic heterocycles. The summed E-state index contributed by atoms with van der Waals surface area (Å²) in [5, 5.41) is 0. The van der Waals surface area contributed by atoms with Crippen molar-refractivity contribution in [3.63, 3.8) is 0 Å². The Morgan fingerprint density at radius 1 is 0.870 bits per heavy atom. The average molecular weight is 329 g/mol. The van der Waals surface area contributed by atoms with Gasteiger partial charge in [0.05, 0.1) is 19.1 Å². The topological polar surface area (TPSA) is 35.5 Å². The Morgan fingerprint density at radius 3 is 1.87 bits per heavy atom. The Kier molecular flexibility index (Phi) is 14.6. The van der Waals surface area contributed by atoms with Gasteiger partial charge in [-0.25, -0.2) is 0 Å². The van der Waals surface area contributed by atoms with E-state index < -0.39 is 0 Å². The second-order valence-corrected chi connectivity index (χ2v) is 6.86. The molecule has 0 aromatic carbocycles. The van der Waals surface area contributed by atoms with Crippen molar-refractivity contribution in [1.82, 2.24) is 0 Å². The van der Waals surface area contributed by atoms with E-state index in [2.05, 4.69) is 27.7 Å². The number of ether oxygens (including phenoxy) is 2. The largest absolute Gasteiger partial charge is 0.465 e. The molecule has 0 radical (unpaired) electrons. The molecule has 0 saturated carbocycles. The lowest BCUT2D eigenvalue weighted by Gasteiger charge is -2.19. The van der Waals surface area contributed by atoms with Gasteiger partial charge in [0.1, 0.15) is 0 Å². The number of hydrogen-bond acceptors (Lipinski definition) is 3. The molecule has 138 valence electrons. The van der Waals surface area contributed by atoms with Crippen molar-refractivity contribution in [3.05, 3.63) is 0 Å². The number of unbranched alkanes of at least 4 members (excludes halogenated alkanes) is 2. The SMILES string of the molecule is CCCCC(CC)COC(=O)CC(C)OCC(CC)CCCC. The zero-order valence-corrected chi connectivity index (χ0v) is 16.2. The van der Waals surface area contributed by atoms with Gasteiger partial charge in [-0.2, -0.15) is 0 Å². The van der Waals surface area contributed by atoms with Gasteiger partial charge in [-0.1, -0.05) is 66.2 Å². The van der Waals surface area contributed by atoms with E-state index in [0.717, 1.165) is 25.9 Å². The summed E-state index contributed by atoms with van der Waals surface area (Å²) < 4.78 is 11.3. The molecule has 0 aliphatic rings. The van der Waals surface area contributed by atoms with Crippen molar-refractivity contribution in [2.24, 2.45) is 11.8 Å². The highest BCUT2D eigenvalue weighted by Crippen LogP contribution is 2.16. The van der Waals surface area contributed by atoms with Crippen LogP contribution in [0.2, 0.25) is 0 Å². The smallest absolute Gasteiger partial charge is 0.308 e. The van der Waals surface area contributed by atoms with Crippen LogP contribution in [0.5, 0.6) is 0 Å². The zero-order chi connectivity index (χ0) is 17.5. The molecule has 0 spiro atoms. The van der Waals surface area contributed by atoms with Crippen LogP contribution in [0.4, 0.5) is 0 Å². The van der Waals surface area contributed by atoms with Crippen LogP contribution < -0.4 is 0 Å². The van der Waals surface area contributed by atoms with Gasteiger partial charge in [0.2, 0.25) is 0 Å². The molecule has 3 heteroatoms. The van der Waals surface area contributed by atoms with Gasteiger partial charge in [0.25, 0.3) is 0 Å².